The Hall–Kier alpha value is -3.22. The standard InChI is InChI=1S/C27H29N3O3/c1-3-31-20-9-7-19(8-10-20)26-22-15-30(14-18-6-4-5-17(2)11-18)23-13-25-24(32-16-33-25)12-21(23)27(22)29-28-26/h4-13,22,26-29H,3,14-16H2,1-2H3. The highest BCUT2D eigenvalue weighted by Crippen LogP contribution is 2.49. The van der Waals surface area contributed by atoms with Crippen molar-refractivity contribution in [1.29, 1.82) is 0 Å². The maximum Gasteiger partial charge on any atom is 0.231 e. The van der Waals surface area contributed by atoms with Crippen molar-refractivity contribution >= 4 is 5.69 Å². The van der Waals surface area contributed by atoms with E-state index < -0.39 is 0 Å². The van der Waals surface area contributed by atoms with E-state index in [1.165, 1.54) is 27.9 Å². The summed E-state index contributed by atoms with van der Waals surface area (Å²) in [5.74, 6) is 2.93. The zero-order valence-corrected chi connectivity index (χ0v) is 19.0. The lowest BCUT2D eigenvalue weighted by molar-refractivity contribution is 0.174. The fourth-order valence-corrected chi connectivity index (χ4v) is 5.38. The number of anilines is 1. The van der Waals surface area contributed by atoms with Crippen LogP contribution in [0.5, 0.6) is 17.2 Å². The van der Waals surface area contributed by atoms with Gasteiger partial charge < -0.3 is 19.1 Å². The molecule has 3 atom stereocenters. The molecule has 6 rings (SSSR count). The average molecular weight is 444 g/mol. The van der Waals surface area contributed by atoms with Crippen LogP contribution in [0.3, 0.4) is 0 Å². The van der Waals surface area contributed by atoms with Crippen LogP contribution in [0.4, 0.5) is 5.69 Å². The number of hydrogen-bond acceptors (Lipinski definition) is 6. The van der Waals surface area contributed by atoms with E-state index in [4.69, 9.17) is 14.2 Å². The molecule has 0 bridgehead atoms. The van der Waals surface area contributed by atoms with E-state index in [9.17, 15) is 0 Å². The third kappa shape index (κ3) is 3.69. The van der Waals surface area contributed by atoms with Gasteiger partial charge in [-0.15, -0.1) is 0 Å². The van der Waals surface area contributed by atoms with Gasteiger partial charge in [0.25, 0.3) is 0 Å². The van der Waals surface area contributed by atoms with Gasteiger partial charge in [-0.1, -0.05) is 42.0 Å². The van der Waals surface area contributed by atoms with Gasteiger partial charge in [-0.05, 0) is 48.7 Å². The first-order valence-electron chi connectivity index (χ1n) is 11.7. The predicted molar refractivity (Wildman–Crippen MR) is 128 cm³/mol. The minimum atomic E-state index is 0.194. The second kappa shape index (κ2) is 8.28. The topological polar surface area (TPSA) is 55.0 Å². The number of hydrazine groups is 1. The highest BCUT2D eigenvalue weighted by atomic mass is 16.7. The number of nitrogens with one attached hydrogen (secondary N) is 2. The Kier molecular flexibility index (Phi) is 5.12. The smallest absolute Gasteiger partial charge is 0.231 e. The maximum atomic E-state index is 5.73. The molecule has 6 heteroatoms. The first kappa shape index (κ1) is 20.4. The number of benzene rings is 3. The second-order valence-corrected chi connectivity index (χ2v) is 9.04. The second-order valence-electron chi connectivity index (χ2n) is 9.04. The maximum absolute atomic E-state index is 5.73. The summed E-state index contributed by atoms with van der Waals surface area (Å²) in [5.41, 5.74) is 13.5. The van der Waals surface area contributed by atoms with Crippen molar-refractivity contribution < 1.29 is 14.2 Å². The molecular weight excluding hydrogens is 414 g/mol. The van der Waals surface area contributed by atoms with Crippen molar-refractivity contribution in [1.82, 2.24) is 10.9 Å². The van der Waals surface area contributed by atoms with Gasteiger partial charge in [-0.25, -0.2) is 10.9 Å². The molecule has 0 radical (unpaired) electrons. The number of rotatable bonds is 5. The quantitative estimate of drug-likeness (QED) is 0.599. The molecule has 33 heavy (non-hydrogen) atoms. The highest BCUT2D eigenvalue weighted by molar-refractivity contribution is 5.66. The number of hydrogen-bond donors (Lipinski definition) is 2. The predicted octanol–water partition coefficient (Wildman–Crippen LogP) is 4.65. The van der Waals surface area contributed by atoms with Gasteiger partial charge in [0.05, 0.1) is 18.7 Å². The first-order chi connectivity index (χ1) is 16.2. The molecule has 0 spiro atoms. The molecule has 2 N–H and O–H groups in total. The zero-order chi connectivity index (χ0) is 22.4. The Morgan fingerprint density at radius 2 is 1.76 bits per heavy atom. The SMILES string of the molecule is CCOc1ccc(C2NNC3c4cc5c(cc4N(Cc4cccc(C)c4)CC23)OCO5)cc1. The Morgan fingerprint density at radius 3 is 2.55 bits per heavy atom. The molecule has 3 aromatic carbocycles. The van der Waals surface area contributed by atoms with E-state index in [-0.39, 0.29) is 18.9 Å². The van der Waals surface area contributed by atoms with Crippen molar-refractivity contribution in [2.75, 3.05) is 24.8 Å². The Bertz CT molecular complexity index is 1160. The summed E-state index contributed by atoms with van der Waals surface area (Å²) < 4.78 is 17.1. The van der Waals surface area contributed by atoms with E-state index >= 15 is 0 Å². The highest BCUT2D eigenvalue weighted by Gasteiger charge is 2.44. The van der Waals surface area contributed by atoms with Crippen molar-refractivity contribution in [2.45, 2.75) is 32.5 Å². The molecule has 170 valence electrons. The molecule has 0 amide bonds. The minimum Gasteiger partial charge on any atom is -0.494 e. The summed E-state index contributed by atoms with van der Waals surface area (Å²) >= 11 is 0. The van der Waals surface area contributed by atoms with Gasteiger partial charge in [0.1, 0.15) is 5.75 Å². The molecule has 3 heterocycles. The summed E-state index contributed by atoms with van der Waals surface area (Å²) in [4.78, 5) is 2.49. The van der Waals surface area contributed by atoms with E-state index in [0.717, 1.165) is 30.3 Å². The number of nitrogens with zero attached hydrogens (tertiary/aromatic N) is 1. The molecule has 6 nitrogen and oxygen atoms in total. The third-order valence-corrected chi connectivity index (χ3v) is 6.89. The van der Waals surface area contributed by atoms with Gasteiger partial charge in [-0.2, -0.15) is 0 Å². The fourth-order valence-electron chi connectivity index (χ4n) is 5.38. The number of aryl methyl sites for hydroxylation is 1. The van der Waals surface area contributed by atoms with Gasteiger partial charge >= 0.3 is 0 Å². The van der Waals surface area contributed by atoms with Crippen LogP contribution < -0.4 is 30.0 Å². The lowest BCUT2D eigenvalue weighted by atomic mass is 9.81. The normalized spacial score (nSPS) is 22.7. The summed E-state index contributed by atoms with van der Waals surface area (Å²) in [6.45, 7) is 6.90. The van der Waals surface area contributed by atoms with Crippen LogP contribution >= 0.6 is 0 Å². The molecule has 3 aliphatic heterocycles. The fraction of sp³-hybridized carbons (Fsp3) is 0.333. The van der Waals surface area contributed by atoms with Gasteiger partial charge in [-0.3, -0.25) is 0 Å². The van der Waals surface area contributed by atoms with Gasteiger partial charge in [0.15, 0.2) is 11.5 Å². The van der Waals surface area contributed by atoms with Crippen molar-refractivity contribution in [3.8, 4) is 17.2 Å². The molecule has 1 fully saturated rings. The minimum absolute atomic E-state index is 0.194. The Balaban J connectivity index is 1.36. The van der Waals surface area contributed by atoms with Crippen LogP contribution in [0.25, 0.3) is 0 Å². The van der Waals surface area contributed by atoms with Crippen molar-refractivity contribution in [3.63, 3.8) is 0 Å². The summed E-state index contributed by atoms with van der Waals surface area (Å²) in [6.07, 6.45) is 0. The molecule has 0 saturated carbocycles. The van der Waals surface area contributed by atoms with Crippen LogP contribution in [-0.4, -0.2) is 19.9 Å². The van der Waals surface area contributed by atoms with E-state index in [1.807, 2.05) is 6.92 Å². The van der Waals surface area contributed by atoms with Crippen LogP contribution in [0, 0.1) is 12.8 Å². The first-order valence-corrected chi connectivity index (χ1v) is 11.7. The number of fused-ring (bicyclic) bond motifs is 4. The molecular formula is C27H29N3O3. The van der Waals surface area contributed by atoms with E-state index in [1.54, 1.807) is 0 Å². The third-order valence-electron chi connectivity index (χ3n) is 6.89. The van der Waals surface area contributed by atoms with Crippen LogP contribution in [0.15, 0.2) is 60.7 Å². The summed E-state index contributed by atoms with van der Waals surface area (Å²) in [5, 5.41) is 0. The Labute approximate surface area is 194 Å². The number of ether oxygens (including phenoxy) is 3. The average Bonchev–Trinajstić information content (AvgIpc) is 3.45. The summed E-state index contributed by atoms with van der Waals surface area (Å²) in [7, 11) is 0. The molecule has 3 unspecified atom stereocenters. The van der Waals surface area contributed by atoms with Crippen molar-refractivity contribution in [2.24, 2.45) is 5.92 Å². The molecule has 0 aromatic heterocycles. The van der Waals surface area contributed by atoms with Gasteiger partial charge in [0, 0.05) is 30.8 Å². The van der Waals surface area contributed by atoms with E-state index in [0.29, 0.717) is 12.5 Å². The van der Waals surface area contributed by atoms with Crippen LogP contribution in [-0.2, 0) is 6.54 Å². The zero-order valence-electron chi connectivity index (χ0n) is 19.0. The van der Waals surface area contributed by atoms with E-state index in [2.05, 4.69) is 83.3 Å². The largest absolute Gasteiger partial charge is 0.494 e. The monoisotopic (exact) mass is 443 g/mol. The molecule has 1 saturated heterocycles. The van der Waals surface area contributed by atoms with Gasteiger partial charge in [0.2, 0.25) is 6.79 Å². The molecule has 3 aromatic rings. The van der Waals surface area contributed by atoms with Crippen molar-refractivity contribution in [3.05, 3.63) is 82.9 Å². The Morgan fingerprint density at radius 1 is 0.970 bits per heavy atom. The van der Waals surface area contributed by atoms with Crippen LogP contribution in [0.1, 0.15) is 41.3 Å². The lowest BCUT2D eigenvalue weighted by Gasteiger charge is -2.39. The molecule has 0 aliphatic carbocycles. The lowest BCUT2D eigenvalue weighted by Crippen LogP contribution is -2.39. The molecule has 3 aliphatic rings. The summed E-state index contributed by atoms with van der Waals surface area (Å²) in [6, 6.07) is 21.9. The van der Waals surface area contributed by atoms with Crippen LogP contribution in [0.2, 0.25) is 0 Å².